The van der Waals surface area contributed by atoms with Gasteiger partial charge in [0, 0.05) is 17.6 Å². The predicted octanol–water partition coefficient (Wildman–Crippen LogP) is 6.29. The quantitative estimate of drug-likeness (QED) is 0.250. The molecule has 3 aromatic rings. The van der Waals surface area contributed by atoms with Gasteiger partial charge in [0.2, 0.25) is 5.91 Å². The Balaban J connectivity index is 1.67. The summed E-state index contributed by atoms with van der Waals surface area (Å²) < 4.78 is 1.76. The summed E-state index contributed by atoms with van der Waals surface area (Å²) in [6.45, 7) is 3.95. The zero-order valence-electron chi connectivity index (χ0n) is 18.4. The molecule has 0 aliphatic carbocycles. The van der Waals surface area contributed by atoms with Gasteiger partial charge in [-0.05, 0) is 42.3 Å². The van der Waals surface area contributed by atoms with Crippen molar-refractivity contribution < 1.29 is 9.59 Å². The fraction of sp³-hybridized carbons (Fsp3) is 0.273. The van der Waals surface area contributed by atoms with Crippen LogP contribution in [0.1, 0.15) is 36.1 Å². The van der Waals surface area contributed by atoms with Crippen molar-refractivity contribution in [2.24, 2.45) is 13.0 Å². The first kappa shape index (κ1) is 26.6. The van der Waals surface area contributed by atoms with E-state index < -0.39 is 0 Å². The standard InChI is InChI=1S/C22H21Cl4N5O2S/c1-11(2)19(28-21(33)12-4-6-13(23)7-5-12)20-29-30-22(31(20)3)34-10-18(32)27-17-9-15(25)14(24)8-16(17)26/h4-9,11,19H,10H2,1-3H3,(H,27,32)(H,28,33)/t19-/m1/s1. The molecule has 180 valence electrons. The van der Waals surface area contributed by atoms with Gasteiger partial charge in [-0.15, -0.1) is 10.2 Å². The average molecular weight is 561 g/mol. The van der Waals surface area contributed by atoms with E-state index in [9.17, 15) is 9.59 Å². The van der Waals surface area contributed by atoms with Crippen LogP contribution in [0.4, 0.5) is 5.69 Å². The molecule has 2 aromatic carbocycles. The zero-order valence-corrected chi connectivity index (χ0v) is 22.2. The molecule has 12 heteroatoms. The van der Waals surface area contributed by atoms with Gasteiger partial charge in [0.15, 0.2) is 11.0 Å². The third-order valence-electron chi connectivity index (χ3n) is 4.82. The number of hydrogen-bond acceptors (Lipinski definition) is 5. The van der Waals surface area contributed by atoms with Crippen LogP contribution in [0, 0.1) is 5.92 Å². The van der Waals surface area contributed by atoms with Crippen LogP contribution in [-0.4, -0.2) is 32.3 Å². The number of rotatable bonds is 8. The molecule has 1 heterocycles. The molecule has 0 spiro atoms. The van der Waals surface area contributed by atoms with Crippen LogP contribution < -0.4 is 10.6 Å². The van der Waals surface area contributed by atoms with Gasteiger partial charge in [-0.2, -0.15) is 0 Å². The molecule has 0 aliphatic rings. The number of benzene rings is 2. The third-order valence-corrected chi connectivity index (χ3v) is 7.13. The minimum Gasteiger partial charge on any atom is -0.342 e. The normalized spacial score (nSPS) is 12.0. The zero-order chi connectivity index (χ0) is 25.0. The molecular formula is C22H21Cl4N5O2S. The van der Waals surface area contributed by atoms with E-state index >= 15 is 0 Å². The maximum atomic E-state index is 12.7. The maximum absolute atomic E-state index is 12.7. The summed E-state index contributed by atoms with van der Waals surface area (Å²) in [5, 5.41) is 16.1. The van der Waals surface area contributed by atoms with Crippen molar-refractivity contribution >= 4 is 75.7 Å². The molecule has 0 fully saturated rings. The number of carbonyl (C=O) groups is 2. The van der Waals surface area contributed by atoms with Crippen LogP contribution in [0.2, 0.25) is 20.1 Å². The summed E-state index contributed by atoms with van der Waals surface area (Å²) in [5.41, 5.74) is 0.856. The number of carbonyl (C=O) groups excluding carboxylic acids is 2. The highest BCUT2D eigenvalue weighted by Gasteiger charge is 2.25. The van der Waals surface area contributed by atoms with Crippen molar-refractivity contribution in [1.29, 1.82) is 0 Å². The van der Waals surface area contributed by atoms with Crippen molar-refractivity contribution in [3.63, 3.8) is 0 Å². The number of nitrogens with zero attached hydrogens (tertiary/aromatic N) is 3. The Kier molecular flexibility index (Phi) is 9.12. The lowest BCUT2D eigenvalue weighted by atomic mass is 10.0. The molecule has 0 radical (unpaired) electrons. The number of amides is 2. The number of nitrogens with one attached hydrogen (secondary N) is 2. The van der Waals surface area contributed by atoms with Gasteiger partial charge in [0.1, 0.15) is 0 Å². The second-order valence-electron chi connectivity index (χ2n) is 7.68. The van der Waals surface area contributed by atoms with Gasteiger partial charge in [-0.25, -0.2) is 0 Å². The van der Waals surface area contributed by atoms with E-state index in [4.69, 9.17) is 46.4 Å². The summed E-state index contributed by atoms with van der Waals surface area (Å²) in [4.78, 5) is 25.2. The topological polar surface area (TPSA) is 88.9 Å². The van der Waals surface area contributed by atoms with Crippen LogP contribution in [0.5, 0.6) is 0 Å². The lowest BCUT2D eigenvalue weighted by molar-refractivity contribution is -0.113. The first-order valence-corrected chi connectivity index (χ1v) is 12.6. The number of halogens is 4. The molecule has 0 saturated heterocycles. The van der Waals surface area contributed by atoms with Crippen LogP contribution >= 0.6 is 58.2 Å². The molecule has 0 saturated carbocycles. The molecule has 34 heavy (non-hydrogen) atoms. The molecule has 1 atom stereocenters. The lowest BCUT2D eigenvalue weighted by Crippen LogP contribution is -2.33. The minimum atomic E-state index is -0.390. The molecule has 0 unspecified atom stereocenters. The van der Waals surface area contributed by atoms with E-state index in [0.717, 1.165) is 0 Å². The maximum Gasteiger partial charge on any atom is 0.251 e. The Labute approximate surface area is 221 Å². The Bertz CT molecular complexity index is 1200. The molecule has 2 amide bonds. The Morgan fingerprint density at radius 2 is 1.65 bits per heavy atom. The fourth-order valence-electron chi connectivity index (χ4n) is 3.01. The molecule has 7 nitrogen and oxygen atoms in total. The molecule has 0 bridgehead atoms. The van der Waals surface area contributed by atoms with Crippen molar-refractivity contribution in [2.45, 2.75) is 25.0 Å². The second kappa shape index (κ2) is 11.6. The van der Waals surface area contributed by atoms with E-state index in [0.29, 0.717) is 32.3 Å². The number of anilines is 1. The molecule has 2 N–H and O–H groups in total. The Morgan fingerprint density at radius 3 is 2.29 bits per heavy atom. The van der Waals surface area contributed by atoms with Crippen LogP contribution in [0.15, 0.2) is 41.6 Å². The van der Waals surface area contributed by atoms with Crippen LogP contribution in [0.25, 0.3) is 0 Å². The smallest absolute Gasteiger partial charge is 0.251 e. The van der Waals surface area contributed by atoms with Gasteiger partial charge in [-0.1, -0.05) is 72.0 Å². The largest absolute Gasteiger partial charge is 0.342 e. The predicted molar refractivity (Wildman–Crippen MR) is 138 cm³/mol. The van der Waals surface area contributed by atoms with Gasteiger partial charge < -0.3 is 15.2 Å². The van der Waals surface area contributed by atoms with E-state index in [2.05, 4.69) is 20.8 Å². The summed E-state index contributed by atoms with van der Waals surface area (Å²) in [6, 6.07) is 9.21. The first-order valence-electron chi connectivity index (χ1n) is 10.1. The van der Waals surface area contributed by atoms with Gasteiger partial charge in [0.25, 0.3) is 5.91 Å². The van der Waals surface area contributed by atoms with E-state index in [1.54, 1.807) is 35.9 Å². The summed E-state index contributed by atoms with van der Waals surface area (Å²) in [5.74, 6) is 0.132. The monoisotopic (exact) mass is 559 g/mol. The van der Waals surface area contributed by atoms with Gasteiger partial charge in [-0.3, -0.25) is 9.59 Å². The molecular weight excluding hydrogens is 540 g/mol. The summed E-state index contributed by atoms with van der Waals surface area (Å²) in [7, 11) is 1.79. The number of thioether (sulfide) groups is 1. The van der Waals surface area contributed by atoms with E-state index in [-0.39, 0.29) is 39.6 Å². The number of hydrogen-bond donors (Lipinski definition) is 2. The molecule has 0 aliphatic heterocycles. The minimum absolute atomic E-state index is 0.0390. The highest BCUT2D eigenvalue weighted by molar-refractivity contribution is 7.99. The summed E-state index contributed by atoms with van der Waals surface area (Å²) in [6.07, 6.45) is 0. The van der Waals surface area contributed by atoms with E-state index in [1.165, 1.54) is 23.9 Å². The van der Waals surface area contributed by atoms with Crippen molar-refractivity contribution in [3.05, 3.63) is 67.9 Å². The van der Waals surface area contributed by atoms with Gasteiger partial charge in [0.05, 0.1) is 32.5 Å². The van der Waals surface area contributed by atoms with E-state index in [1.807, 2.05) is 13.8 Å². The lowest BCUT2D eigenvalue weighted by Gasteiger charge is -2.21. The molecule has 3 rings (SSSR count). The summed E-state index contributed by atoms with van der Waals surface area (Å²) >= 11 is 25.1. The van der Waals surface area contributed by atoms with Crippen LogP contribution in [-0.2, 0) is 11.8 Å². The van der Waals surface area contributed by atoms with Crippen LogP contribution in [0.3, 0.4) is 0 Å². The Morgan fingerprint density at radius 1 is 1.00 bits per heavy atom. The molecule has 1 aromatic heterocycles. The van der Waals surface area contributed by atoms with Gasteiger partial charge >= 0.3 is 0 Å². The average Bonchev–Trinajstić information content (AvgIpc) is 3.14. The van der Waals surface area contributed by atoms with Crippen molar-refractivity contribution in [2.75, 3.05) is 11.1 Å². The second-order valence-corrected chi connectivity index (χ2v) is 10.3. The first-order chi connectivity index (χ1) is 16.1. The van der Waals surface area contributed by atoms with Crippen molar-refractivity contribution in [3.8, 4) is 0 Å². The number of aromatic nitrogens is 3. The highest BCUT2D eigenvalue weighted by Crippen LogP contribution is 2.32. The van der Waals surface area contributed by atoms with Crippen molar-refractivity contribution in [1.82, 2.24) is 20.1 Å². The third kappa shape index (κ3) is 6.58. The fourth-order valence-corrected chi connectivity index (χ4v) is 4.45. The SMILES string of the molecule is CC(C)[C@@H](NC(=O)c1ccc(Cl)cc1)c1nnc(SCC(=O)Nc2cc(Cl)c(Cl)cc2Cl)n1C. The highest BCUT2D eigenvalue weighted by atomic mass is 35.5. The Hall–Kier alpha value is -1.97.